The number of hydrogen-bond acceptors (Lipinski definition) is 6. The van der Waals surface area contributed by atoms with Crippen molar-refractivity contribution < 1.29 is 19.1 Å². The largest absolute Gasteiger partial charge is 0.453 e. The second kappa shape index (κ2) is 13.8. The van der Waals surface area contributed by atoms with Crippen molar-refractivity contribution in [1.29, 1.82) is 0 Å². The third-order valence-electron chi connectivity index (χ3n) is 9.13. The van der Waals surface area contributed by atoms with Crippen molar-refractivity contribution in [2.75, 3.05) is 20.2 Å². The van der Waals surface area contributed by atoms with Gasteiger partial charge in [0.2, 0.25) is 11.8 Å². The normalized spacial score (nSPS) is 18.5. The predicted octanol–water partition coefficient (Wildman–Crippen LogP) is 6.25. The van der Waals surface area contributed by atoms with Crippen LogP contribution in [0.4, 0.5) is 4.79 Å². The lowest BCUT2D eigenvalue weighted by Gasteiger charge is -2.26. The van der Waals surface area contributed by atoms with Gasteiger partial charge in [0.15, 0.2) is 0 Å². The number of rotatable bonds is 9. The van der Waals surface area contributed by atoms with Crippen molar-refractivity contribution in [2.45, 2.75) is 71.0 Å². The molecule has 4 heterocycles. The number of H-pyrrole nitrogens is 2. The molecule has 3 atom stereocenters. The van der Waals surface area contributed by atoms with E-state index in [1.807, 2.05) is 11.1 Å². The number of aromatic nitrogens is 4. The van der Waals surface area contributed by atoms with Gasteiger partial charge in [0.05, 0.1) is 43.0 Å². The number of imidazole rings is 2. The summed E-state index contributed by atoms with van der Waals surface area (Å²) in [5, 5.41) is 2.56. The number of alkyl carbamates (subject to hydrolysis) is 1. The van der Waals surface area contributed by atoms with Crippen LogP contribution in [0.15, 0.2) is 60.9 Å². The van der Waals surface area contributed by atoms with Crippen LogP contribution >= 0.6 is 0 Å². The van der Waals surface area contributed by atoms with E-state index in [0.717, 1.165) is 77.5 Å². The van der Waals surface area contributed by atoms with Gasteiger partial charge < -0.3 is 29.8 Å². The molecule has 2 aromatic heterocycles. The summed E-state index contributed by atoms with van der Waals surface area (Å²) in [5.74, 6) is 1.98. The van der Waals surface area contributed by atoms with Crippen LogP contribution in [0.1, 0.15) is 76.6 Å². The van der Waals surface area contributed by atoms with Gasteiger partial charge in [-0.1, -0.05) is 62.4 Å². The lowest BCUT2D eigenvalue weighted by Crippen LogP contribution is -2.46. The first-order valence-corrected chi connectivity index (χ1v) is 16.5. The van der Waals surface area contributed by atoms with E-state index in [-0.39, 0.29) is 23.9 Å². The fourth-order valence-corrected chi connectivity index (χ4v) is 6.67. The molecule has 47 heavy (non-hydrogen) atoms. The first kappa shape index (κ1) is 32.0. The Labute approximate surface area is 275 Å². The Morgan fingerprint density at radius 3 is 1.74 bits per heavy atom. The number of nitrogens with zero attached hydrogens (tertiary/aromatic N) is 4. The molecule has 3 amide bonds. The van der Waals surface area contributed by atoms with Crippen molar-refractivity contribution in [3.63, 3.8) is 0 Å². The SMILES string of the molecule is COC(=O)N[C@@H](C)C(=O)N1CCC[C@H]1c1ncc(-c2ccc(-c3ccc(-c4cnc([C@@H]5CCCN5C(=O)CC(C)C)[nH]4)cc3)cc2)[nH]1. The maximum atomic E-state index is 13.0. The van der Waals surface area contributed by atoms with Crippen LogP contribution in [0, 0.1) is 5.92 Å². The molecule has 2 aliphatic heterocycles. The first-order chi connectivity index (χ1) is 22.7. The number of benzene rings is 2. The molecule has 0 aliphatic carbocycles. The van der Waals surface area contributed by atoms with Crippen LogP contribution < -0.4 is 5.32 Å². The number of hydrogen-bond donors (Lipinski definition) is 3. The maximum absolute atomic E-state index is 13.0. The number of nitrogens with one attached hydrogen (secondary N) is 3. The average molecular weight is 638 g/mol. The van der Waals surface area contributed by atoms with Gasteiger partial charge in [-0.05, 0) is 60.8 Å². The third-order valence-corrected chi connectivity index (χ3v) is 9.13. The van der Waals surface area contributed by atoms with E-state index in [1.165, 1.54) is 7.11 Å². The molecule has 11 nitrogen and oxygen atoms in total. The molecular formula is C36H43N7O4. The topological polar surface area (TPSA) is 136 Å². The fourth-order valence-electron chi connectivity index (χ4n) is 6.67. The van der Waals surface area contributed by atoms with Gasteiger partial charge in [0.25, 0.3) is 0 Å². The summed E-state index contributed by atoms with van der Waals surface area (Å²) in [6, 6.07) is 15.9. The minimum Gasteiger partial charge on any atom is -0.453 e. The Kier molecular flexibility index (Phi) is 9.42. The van der Waals surface area contributed by atoms with Crippen LogP contribution in [-0.2, 0) is 14.3 Å². The van der Waals surface area contributed by atoms with E-state index >= 15 is 0 Å². The van der Waals surface area contributed by atoms with Crippen LogP contribution in [-0.4, -0.2) is 73.9 Å². The fraction of sp³-hybridized carbons (Fsp3) is 0.417. The highest BCUT2D eigenvalue weighted by Crippen LogP contribution is 2.34. The molecule has 3 N–H and O–H groups in total. The molecule has 2 aliphatic rings. The Morgan fingerprint density at radius 2 is 1.26 bits per heavy atom. The monoisotopic (exact) mass is 637 g/mol. The maximum Gasteiger partial charge on any atom is 0.407 e. The third kappa shape index (κ3) is 6.94. The molecular weight excluding hydrogens is 594 g/mol. The molecule has 4 aromatic rings. The summed E-state index contributed by atoms with van der Waals surface area (Å²) in [6.45, 7) is 7.22. The van der Waals surface area contributed by atoms with E-state index in [1.54, 1.807) is 18.0 Å². The number of aromatic amines is 2. The Bertz CT molecular complexity index is 1710. The lowest BCUT2D eigenvalue weighted by atomic mass is 10.0. The highest BCUT2D eigenvalue weighted by Gasteiger charge is 2.35. The molecule has 0 radical (unpaired) electrons. The predicted molar refractivity (Wildman–Crippen MR) is 179 cm³/mol. The number of ether oxygens (including phenoxy) is 1. The van der Waals surface area contributed by atoms with Gasteiger partial charge in [-0.15, -0.1) is 0 Å². The Morgan fingerprint density at radius 1 is 0.787 bits per heavy atom. The molecule has 2 fully saturated rings. The van der Waals surface area contributed by atoms with E-state index in [2.05, 4.69) is 92.4 Å². The zero-order valence-electron chi connectivity index (χ0n) is 27.5. The van der Waals surface area contributed by atoms with Crippen molar-refractivity contribution >= 4 is 17.9 Å². The summed E-state index contributed by atoms with van der Waals surface area (Å²) in [6.07, 6.45) is 7.20. The van der Waals surface area contributed by atoms with E-state index in [4.69, 9.17) is 0 Å². The van der Waals surface area contributed by atoms with Gasteiger partial charge in [-0.3, -0.25) is 9.59 Å². The van der Waals surface area contributed by atoms with Gasteiger partial charge in [0.1, 0.15) is 17.7 Å². The molecule has 2 saturated heterocycles. The number of likely N-dealkylation sites (tertiary alicyclic amines) is 2. The quantitative estimate of drug-likeness (QED) is 0.198. The molecule has 0 spiro atoms. The second-order valence-electron chi connectivity index (χ2n) is 12.9. The summed E-state index contributed by atoms with van der Waals surface area (Å²) in [5.41, 5.74) is 6.05. The van der Waals surface area contributed by atoms with Gasteiger partial charge in [0, 0.05) is 19.5 Å². The average Bonchev–Trinajstić information content (AvgIpc) is 3.90. The minimum atomic E-state index is -0.690. The Hall–Kier alpha value is -4.93. The van der Waals surface area contributed by atoms with E-state index < -0.39 is 12.1 Å². The summed E-state index contributed by atoms with van der Waals surface area (Å²) in [7, 11) is 1.28. The molecule has 0 bridgehead atoms. The number of amides is 3. The lowest BCUT2D eigenvalue weighted by molar-refractivity contribution is -0.134. The van der Waals surface area contributed by atoms with Crippen molar-refractivity contribution in [1.82, 2.24) is 35.1 Å². The molecule has 0 unspecified atom stereocenters. The second-order valence-corrected chi connectivity index (χ2v) is 12.9. The molecule has 11 heteroatoms. The number of carbonyl (C=O) groups excluding carboxylic acids is 3. The highest BCUT2D eigenvalue weighted by molar-refractivity contribution is 5.85. The summed E-state index contributed by atoms with van der Waals surface area (Å²) >= 11 is 0. The van der Waals surface area contributed by atoms with Gasteiger partial charge in [-0.2, -0.15) is 0 Å². The Balaban J connectivity index is 1.10. The standard InChI is InChI=1S/C36H43N7O4/c1-22(2)19-32(44)42-17-5-7-30(42)33-37-20-28(40-33)26-13-9-24(10-14-26)25-11-15-27(16-12-25)29-21-38-34(41-29)31-8-6-18-43(31)35(45)23(3)39-36(46)47-4/h9-16,20-23,30-31H,5-8,17-19H2,1-4H3,(H,37,40)(H,38,41)(H,39,46)/t23-,30-,31-/m0/s1. The van der Waals surface area contributed by atoms with Crippen molar-refractivity contribution in [2.24, 2.45) is 5.92 Å². The van der Waals surface area contributed by atoms with Crippen LogP contribution in [0.3, 0.4) is 0 Å². The van der Waals surface area contributed by atoms with Crippen LogP contribution in [0.2, 0.25) is 0 Å². The van der Waals surface area contributed by atoms with Crippen LogP contribution in [0.25, 0.3) is 33.6 Å². The van der Waals surface area contributed by atoms with Crippen molar-refractivity contribution in [3.05, 3.63) is 72.6 Å². The number of carbonyl (C=O) groups is 3. The number of methoxy groups -OCH3 is 1. The summed E-state index contributed by atoms with van der Waals surface area (Å²) in [4.78, 5) is 57.4. The molecule has 2 aromatic carbocycles. The smallest absolute Gasteiger partial charge is 0.407 e. The van der Waals surface area contributed by atoms with E-state index in [9.17, 15) is 14.4 Å². The minimum absolute atomic E-state index is 0.0114. The van der Waals surface area contributed by atoms with Gasteiger partial charge in [-0.25, -0.2) is 14.8 Å². The zero-order valence-corrected chi connectivity index (χ0v) is 27.5. The van der Waals surface area contributed by atoms with Gasteiger partial charge >= 0.3 is 6.09 Å². The molecule has 246 valence electrons. The molecule has 6 rings (SSSR count). The molecule has 0 saturated carbocycles. The van der Waals surface area contributed by atoms with E-state index in [0.29, 0.717) is 18.9 Å². The van der Waals surface area contributed by atoms with Crippen LogP contribution in [0.5, 0.6) is 0 Å². The zero-order chi connectivity index (χ0) is 33.1. The van der Waals surface area contributed by atoms with Crippen molar-refractivity contribution in [3.8, 4) is 33.6 Å². The first-order valence-electron chi connectivity index (χ1n) is 16.5. The summed E-state index contributed by atoms with van der Waals surface area (Å²) < 4.78 is 4.64. The highest BCUT2D eigenvalue weighted by atomic mass is 16.5.